The Bertz CT molecular complexity index is 391. The van der Waals surface area contributed by atoms with Crippen LogP contribution < -0.4 is 0 Å². The van der Waals surface area contributed by atoms with Crippen LogP contribution in [0.3, 0.4) is 0 Å². The van der Waals surface area contributed by atoms with E-state index in [-0.39, 0.29) is 0 Å². The first-order chi connectivity index (χ1) is 8.65. The van der Waals surface area contributed by atoms with Crippen molar-refractivity contribution in [2.45, 2.75) is 19.4 Å². The van der Waals surface area contributed by atoms with Gasteiger partial charge in [0, 0.05) is 30.3 Å². The second kappa shape index (κ2) is 6.41. The zero-order chi connectivity index (χ0) is 13.0. The molecule has 18 heavy (non-hydrogen) atoms. The van der Waals surface area contributed by atoms with E-state index >= 15 is 0 Å². The Hall–Kier alpha value is -0.770. The van der Waals surface area contributed by atoms with Gasteiger partial charge in [-0.05, 0) is 44.0 Å². The molecule has 0 radical (unpaired) electrons. The predicted molar refractivity (Wildman–Crippen MR) is 73.0 cm³/mol. The van der Waals surface area contributed by atoms with Gasteiger partial charge in [0.1, 0.15) is 5.75 Å². The van der Waals surface area contributed by atoms with Crippen LogP contribution in [0.1, 0.15) is 18.4 Å². The lowest BCUT2D eigenvalue weighted by molar-refractivity contribution is 0.0411. The monoisotopic (exact) mass is 269 g/mol. The number of hydrogen-bond acceptors (Lipinski definition) is 3. The molecule has 1 N–H and O–H groups in total. The molecule has 3 nitrogen and oxygen atoms in total. The lowest BCUT2D eigenvalue weighted by atomic mass is 10.0. The molecule has 1 aromatic rings. The van der Waals surface area contributed by atoms with Crippen LogP contribution in [0.25, 0.3) is 0 Å². The molecule has 1 unspecified atom stereocenters. The minimum atomic E-state index is 0.311. The first kappa shape index (κ1) is 13.7. The molecule has 1 aliphatic heterocycles. The number of phenolic OH excluding ortho intramolecular Hbond substituents is 1. The third kappa shape index (κ3) is 3.87. The van der Waals surface area contributed by atoms with E-state index in [1.807, 2.05) is 6.07 Å². The molecule has 1 heterocycles. The van der Waals surface area contributed by atoms with Gasteiger partial charge in [-0.3, -0.25) is 0 Å². The van der Waals surface area contributed by atoms with E-state index in [4.69, 9.17) is 16.3 Å². The van der Waals surface area contributed by atoms with E-state index in [9.17, 15) is 5.11 Å². The number of ether oxygens (including phenoxy) is 1. The Morgan fingerprint density at radius 1 is 1.50 bits per heavy atom. The summed E-state index contributed by atoms with van der Waals surface area (Å²) < 4.78 is 5.48. The van der Waals surface area contributed by atoms with Gasteiger partial charge >= 0.3 is 0 Å². The van der Waals surface area contributed by atoms with Gasteiger partial charge in [-0.2, -0.15) is 0 Å². The molecule has 1 aliphatic rings. The Morgan fingerprint density at radius 3 is 3.06 bits per heavy atom. The molecule has 0 spiro atoms. The number of nitrogens with zero attached hydrogens (tertiary/aromatic N) is 1. The molecule has 4 heteroatoms. The van der Waals surface area contributed by atoms with Gasteiger partial charge in [-0.1, -0.05) is 11.6 Å². The zero-order valence-electron chi connectivity index (χ0n) is 10.7. The standard InChI is InChI=1S/C14H20ClNO2/c1-16(8-11-3-2-6-18-10-11)9-12-7-13(15)4-5-14(12)17/h4-5,7,11,17H,2-3,6,8-10H2,1H3. The molecule has 1 fully saturated rings. The lowest BCUT2D eigenvalue weighted by Gasteiger charge is -2.27. The third-order valence-electron chi connectivity index (χ3n) is 3.31. The number of aromatic hydroxyl groups is 1. The molecule has 1 aromatic carbocycles. The van der Waals surface area contributed by atoms with E-state index in [1.54, 1.807) is 12.1 Å². The minimum Gasteiger partial charge on any atom is -0.508 e. The van der Waals surface area contributed by atoms with Crippen LogP contribution in [0.15, 0.2) is 18.2 Å². The minimum absolute atomic E-state index is 0.311. The first-order valence-corrected chi connectivity index (χ1v) is 6.76. The van der Waals surface area contributed by atoms with E-state index < -0.39 is 0 Å². The number of phenols is 1. The maximum absolute atomic E-state index is 9.78. The highest BCUT2D eigenvalue weighted by molar-refractivity contribution is 6.30. The molecule has 0 saturated carbocycles. The quantitative estimate of drug-likeness (QED) is 0.912. The molecule has 1 saturated heterocycles. The molecule has 2 rings (SSSR count). The van der Waals surface area contributed by atoms with Crippen molar-refractivity contribution in [2.24, 2.45) is 5.92 Å². The normalized spacial score (nSPS) is 20.3. The molecule has 0 bridgehead atoms. The van der Waals surface area contributed by atoms with E-state index in [0.717, 1.165) is 31.7 Å². The van der Waals surface area contributed by atoms with Crippen LogP contribution >= 0.6 is 11.6 Å². The Morgan fingerprint density at radius 2 is 2.33 bits per heavy atom. The zero-order valence-corrected chi connectivity index (χ0v) is 11.5. The smallest absolute Gasteiger partial charge is 0.120 e. The summed E-state index contributed by atoms with van der Waals surface area (Å²) in [6, 6.07) is 5.18. The maximum atomic E-state index is 9.78. The predicted octanol–water partition coefficient (Wildman–Crippen LogP) is 2.90. The van der Waals surface area contributed by atoms with Crippen LogP contribution in [-0.4, -0.2) is 36.8 Å². The van der Waals surface area contributed by atoms with E-state index in [2.05, 4.69) is 11.9 Å². The second-order valence-electron chi connectivity index (χ2n) is 5.05. The van der Waals surface area contributed by atoms with Gasteiger partial charge in [0.05, 0.1) is 6.61 Å². The average Bonchev–Trinajstić information content (AvgIpc) is 2.35. The highest BCUT2D eigenvalue weighted by Gasteiger charge is 2.16. The first-order valence-electron chi connectivity index (χ1n) is 6.39. The summed E-state index contributed by atoms with van der Waals surface area (Å²) in [5.74, 6) is 0.913. The lowest BCUT2D eigenvalue weighted by Crippen LogP contribution is -2.30. The van der Waals surface area contributed by atoms with Crippen molar-refractivity contribution in [3.05, 3.63) is 28.8 Å². The van der Waals surface area contributed by atoms with Crippen molar-refractivity contribution in [1.82, 2.24) is 4.90 Å². The van der Waals surface area contributed by atoms with Gasteiger partial charge in [0.2, 0.25) is 0 Å². The molecule has 1 atom stereocenters. The SMILES string of the molecule is CN(Cc1cc(Cl)ccc1O)CC1CCCOC1. The van der Waals surface area contributed by atoms with Gasteiger partial charge in [-0.15, -0.1) is 0 Å². The van der Waals surface area contributed by atoms with Crippen LogP contribution in [0, 0.1) is 5.92 Å². The Kier molecular flexibility index (Phi) is 4.87. The van der Waals surface area contributed by atoms with Crippen molar-refractivity contribution >= 4 is 11.6 Å². The van der Waals surface area contributed by atoms with Gasteiger partial charge in [0.15, 0.2) is 0 Å². The number of hydrogen-bond donors (Lipinski definition) is 1. The summed E-state index contributed by atoms with van der Waals surface area (Å²) >= 11 is 5.94. The fourth-order valence-electron chi connectivity index (χ4n) is 2.43. The summed E-state index contributed by atoms with van der Waals surface area (Å²) in [6.07, 6.45) is 2.38. The van der Waals surface area contributed by atoms with Crippen molar-refractivity contribution in [2.75, 3.05) is 26.8 Å². The number of halogens is 1. The van der Waals surface area contributed by atoms with Gasteiger partial charge in [0.25, 0.3) is 0 Å². The van der Waals surface area contributed by atoms with Crippen LogP contribution in [0.2, 0.25) is 5.02 Å². The van der Waals surface area contributed by atoms with Crippen molar-refractivity contribution < 1.29 is 9.84 Å². The topological polar surface area (TPSA) is 32.7 Å². The number of rotatable bonds is 4. The summed E-state index contributed by atoms with van der Waals surface area (Å²) in [7, 11) is 2.06. The maximum Gasteiger partial charge on any atom is 0.120 e. The second-order valence-corrected chi connectivity index (χ2v) is 5.49. The summed E-state index contributed by atoms with van der Waals surface area (Å²) in [4.78, 5) is 2.21. The van der Waals surface area contributed by atoms with Gasteiger partial charge in [-0.25, -0.2) is 0 Å². The highest BCUT2D eigenvalue weighted by Crippen LogP contribution is 2.23. The Balaban J connectivity index is 1.89. The van der Waals surface area contributed by atoms with Crippen LogP contribution in [0.5, 0.6) is 5.75 Å². The largest absolute Gasteiger partial charge is 0.508 e. The molecular weight excluding hydrogens is 250 g/mol. The number of benzene rings is 1. The van der Waals surface area contributed by atoms with Crippen molar-refractivity contribution in [3.8, 4) is 5.75 Å². The summed E-state index contributed by atoms with van der Waals surface area (Å²) in [5, 5.41) is 10.4. The van der Waals surface area contributed by atoms with E-state index in [1.165, 1.54) is 6.42 Å². The van der Waals surface area contributed by atoms with Gasteiger partial charge < -0.3 is 14.7 Å². The van der Waals surface area contributed by atoms with E-state index in [0.29, 0.717) is 23.2 Å². The fraction of sp³-hybridized carbons (Fsp3) is 0.571. The molecule has 0 amide bonds. The van der Waals surface area contributed by atoms with Crippen LogP contribution in [-0.2, 0) is 11.3 Å². The van der Waals surface area contributed by atoms with Crippen LogP contribution in [0.4, 0.5) is 0 Å². The third-order valence-corrected chi connectivity index (χ3v) is 3.54. The highest BCUT2D eigenvalue weighted by atomic mass is 35.5. The molecular formula is C14H20ClNO2. The Labute approximate surface area is 113 Å². The molecule has 100 valence electrons. The van der Waals surface area contributed by atoms with Crippen molar-refractivity contribution in [3.63, 3.8) is 0 Å². The fourth-order valence-corrected chi connectivity index (χ4v) is 2.62. The summed E-state index contributed by atoms with van der Waals surface area (Å²) in [6.45, 7) is 3.45. The van der Waals surface area contributed by atoms with Crippen molar-refractivity contribution in [1.29, 1.82) is 0 Å². The molecule has 0 aliphatic carbocycles. The average molecular weight is 270 g/mol. The summed E-state index contributed by atoms with van der Waals surface area (Å²) in [5.41, 5.74) is 0.877. The molecule has 0 aromatic heterocycles.